The van der Waals surface area contributed by atoms with Gasteiger partial charge in [-0.15, -0.1) is 0 Å². The smallest absolute Gasteiger partial charge is 0.243 e. The fourth-order valence-corrected chi connectivity index (χ4v) is 6.62. The maximum atomic E-state index is 13.8. The topological polar surface area (TPSA) is 79.4 Å². The van der Waals surface area contributed by atoms with Gasteiger partial charge in [0.25, 0.3) is 0 Å². The van der Waals surface area contributed by atoms with Crippen LogP contribution in [0.3, 0.4) is 0 Å². The van der Waals surface area contributed by atoms with Crippen molar-refractivity contribution in [3.05, 3.63) is 123 Å². The summed E-state index contributed by atoms with van der Waals surface area (Å²) in [7, 11) is -3.95. The van der Waals surface area contributed by atoms with Gasteiger partial charge in [-0.25, -0.2) is 12.8 Å². The number of aromatic nitrogens is 1. The van der Waals surface area contributed by atoms with Crippen molar-refractivity contribution in [1.82, 2.24) is 9.29 Å². The summed E-state index contributed by atoms with van der Waals surface area (Å²) in [5.74, 6) is -0.431. The number of nitrogens with one attached hydrogen (secondary N) is 1. The molecule has 1 N–H and O–H groups in total. The monoisotopic (exact) mass is 671 g/mol. The Morgan fingerprint density at radius 1 is 0.949 bits per heavy atom. The summed E-state index contributed by atoms with van der Waals surface area (Å²) in [5.41, 5.74) is 3.04. The van der Waals surface area contributed by atoms with Gasteiger partial charge in [-0.3, -0.25) is 9.78 Å². The first-order valence-electron chi connectivity index (χ1n) is 12.2. The molecule has 1 heterocycles. The summed E-state index contributed by atoms with van der Waals surface area (Å²) in [5, 5.41) is 2.90. The zero-order valence-electron chi connectivity index (χ0n) is 20.6. The molecular formula is C29H24Br2FN3O3S. The molecule has 2 unspecified atom stereocenters. The fraction of sp³-hybridized carbons (Fsp3) is 0.172. The number of nitrogens with zero attached hydrogens (tertiary/aromatic N) is 2. The van der Waals surface area contributed by atoms with Crippen LogP contribution in [-0.2, 0) is 27.9 Å². The summed E-state index contributed by atoms with van der Waals surface area (Å²) in [4.78, 5) is 16.9. The van der Waals surface area contributed by atoms with Gasteiger partial charge in [0.15, 0.2) is 0 Å². The molecule has 1 saturated carbocycles. The minimum atomic E-state index is -3.95. The Kier molecular flexibility index (Phi) is 8.27. The molecule has 1 aliphatic rings. The van der Waals surface area contributed by atoms with Crippen molar-refractivity contribution in [1.29, 1.82) is 0 Å². The van der Waals surface area contributed by atoms with Gasteiger partial charge >= 0.3 is 0 Å². The maximum Gasteiger partial charge on any atom is 0.243 e. The molecule has 1 amide bonds. The first kappa shape index (κ1) is 27.6. The van der Waals surface area contributed by atoms with Crippen LogP contribution in [0.1, 0.15) is 29.0 Å². The Morgan fingerprint density at radius 3 is 2.33 bits per heavy atom. The van der Waals surface area contributed by atoms with Crippen molar-refractivity contribution in [2.75, 3.05) is 5.32 Å². The van der Waals surface area contributed by atoms with E-state index in [0.717, 1.165) is 26.5 Å². The predicted octanol–water partition coefficient (Wildman–Crippen LogP) is 6.88. The van der Waals surface area contributed by atoms with Crippen LogP contribution in [0.15, 0.2) is 105 Å². The summed E-state index contributed by atoms with van der Waals surface area (Å²) in [6.45, 7) is 0.147. The lowest BCUT2D eigenvalue weighted by Crippen LogP contribution is -2.30. The van der Waals surface area contributed by atoms with Crippen LogP contribution >= 0.6 is 31.9 Å². The minimum Gasteiger partial charge on any atom is -0.326 e. The van der Waals surface area contributed by atoms with Crippen LogP contribution in [0.4, 0.5) is 10.1 Å². The third-order valence-corrected chi connectivity index (χ3v) is 9.72. The Morgan fingerprint density at radius 2 is 1.64 bits per heavy atom. The summed E-state index contributed by atoms with van der Waals surface area (Å²) < 4.78 is 44.0. The molecule has 10 heteroatoms. The van der Waals surface area contributed by atoms with Gasteiger partial charge in [-0.05, 0) is 95.8 Å². The highest BCUT2D eigenvalue weighted by Gasteiger charge is 2.43. The highest BCUT2D eigenvalue weighted by Crippen LogP contribution is 2.47. The first-order chi connectivity index (χ1) is 18.7. The number of halogens is 3. The second-order valence-corrected chi connectivity index (χ2v) is 13.1. The lowest BCUT2D eigenvalue weighted by atomic mass is 10.1. The van der Waals surface area contributed by atoms with Gasteiger partial charge in [0.05, 0.1) is 4.90 Å². The minimum absolute atomic E-state index is 0.0537. The molecule has 0 spiro atoms. The number of amides is 1. The average Bonchev–Trinajstić information content (AvgIpc) is 3.74. The van der Waals surface area contributed by atoms with E-state index in [-0.39, 0.29) is 41.5 Å². The number of sulfonamides is 1. The second-order valence-electron chi connectivity index (χ2n) is 9.38. The largest absolute Gasteiger partial charge is 0.326 e. The Hall–Kier alpha value is -2.92. The van der Waals surface area contributed by atoms with Crippen molar-refractivity contribution < 1.29 is 17.6 Å². The number of carbonyl (C=O) groups excluding carboxylic acids is 1. The molecule has 39 heavy (non-hydrogen) atoms. The number of carbonyl (C=O) groups is 1. The number of benzene rings is 3. The van der Waals surface area contributed by atoms with Crippen LogP contribution in [0, 0.1) is 11.7 Å². The molecule has 2 atom stereocenters. The van der Waals surface area contributed by atoms with Crippen LogP contribution < -0.4 is 5.32 Å². The molecule has 3 aromatic carbocycles. The van der Waals surface area contributed by atoms with E-state index in [4.69, 9.17) is 0 Å². The lowest BCUT2D eigenvalue weighted by Gasteiger charge is -2.23. The molecule has 1 aromatic heterocycles. The molecule has 200 valence electrons. The van der Waals surface area contributed by atoms with Crippen molar-refractivity contribution >= 4 is 53.5 Å². The number of hydrogen-bond donors (Lipinski definition) is 1. The van der Waals surface area contributed by atoms with Crippen molar-refractivity contribution in [2.24, 2.45) is 5.92 Å². The van der Waals surface area contributed by atoms with E-state index in [9.17, 15) is 17.6 Å². The quantitative estimate of drug-likeness (QED) is 0.210. The van der Waals surface area contributed by atoms with E-state index in [1.165, 1.54) is 28.6 Å². The van der Waals surface area contributed by atoms with Crippen LogP contribution in [0.5, 0.6) is 0 Å². The normalized spacial score (nSPS) is 16.7. The SMILES string of the molecule is O=C(Nc1ccc(S(=O)(=O)N(Cc2ccc(F)cc2)Cc2cc(Br)ccc2Br)cc1)C1CC1c1ccncc1. The van der Waals surface area contributed by atoms with E-state index >= 15 is 0 Å². The van der Waals surface area contributed by atoms with Crippen molar-refractivity contribution in [3.63, 3.8) is 0 Å². The second kappa shape index (κ2) is 11.7. The van der Waals surface area contributed by atoms with Gasteiger partial charge in [0, 0.05) is 46.0 Å². The van der Waals surface area contributed by atoms with E-state index in [1.54, 1.807) is 36.7 Å². The Labute approximate surface area is 243 Å². The molecule has 6 nitrogen and oxygen atoms in total. The molecule has 5 rings (SSSR count). The third-order valence-electron chi connectivity index (χ3n) is 6.65. The lowest BCUT2D eigenvalue weighted by molar-refractivity contribution is -0.117. The summed E-state index contributed by atoms with van der Waals surface area (Å²) in [6, 6.07) is 21.3. The molecule has 0 radical (unpaired) electrons. The number of pyridine rings is 1. The molecule has 0 aliphatic heterocycles. The van der Waals surface area contributed by atoms with Crippen molar-refractivity contribution in [3.8, 4) is 0 Å². The van der Waals surface area contributed by atoms with E-state index < -0.39 is 10.0 Å². The van der Waals surface area contributed by atoms with E-state index in [1.807, 2.05) is 30.3 Å². The zero-order valence-corrected chi connectivity index (χ0v) is 24.6. The van der Waals surface area contributed by atoms with Crippen LogP contribution in [0.25, 0.3) is 0 Å². The zero-order chi connectivity index (χ0) is 27.6. The maximum absolute atomic E-state index is 13.8. The van der Waals surface area contributed by atoms with Gasteiger partial charge in [-0.2, -0.15) is 4.31 Å². The van der Waals surface area contributed by atoms with Gasteiger partial charge in [0.1, 0.15) is 5.82 Å². The van der Waals surface area contributed by atoms with Gasteiger partial charge < -0.3 is 5.32 Å². The van der Waals surface area contributed by atoms with Crippen molar-refractivity contribution in [2.45, 2.75) is 30.3 Å². The fourth-order valence-electron chi connectivity index (χ4n) is 4.43. The molecule has 1 aliphatic carbocycles. The van der Waals surface area contributed by atoms with Gasteiger partial charge in [-0.1, -0.05) is 44.0 Å². The molecule has 1 fully saturated rings. The third kappa shape index (κ3) is 6.63. The predicted molar refractivity (Wildman–Crippen MR) is 155 cm³/mol. The van der Waals surface area contributed by atoms with Crippen LogP contribution in [0.2, 0.25) is 0 Å². The highest BCUT2D eigenvalue weighted by atomic mass is 79.9. The summed E-state index contributed by atoms with van der Waals surface area (Å²) >= 11 is 6.96. The van der Waals surface area contributed by atoms with E-state index in [0.29, 0.717) is 11.3 Å². The van der Waals surface area contributed by atoms with E-state index in [2.05, 4.69) is 42.2 Å². The molecule has 0 saturated heterocycles. The molecule has 0 bridgehead atoms. The standard InChI is InChI=1S/C29H24Br2FN3O3S/c30-22-3-10-28(31)21(15-22)18-35(17-19-1-4-23(32)5-2-19)39(37,38)25-8-6-24(7-9-25)34-29(36)27-16-26(27)20-11-13-33-14-12-20/h1-15,26-27H,16-18H2,(H,34,36). The number of hydrogen-bond acceptors (Lipinski definition) is 4. The highest BCUT2D eigenvalue weighted by molar-refractivity contribution is 9.11. The number of rotatable bonds is 9. The Balaban J connectivity index is 1.34. The average molecular weight is 673 g/mol. The number of anilines is 1. The Bertz CT molecular complexity index is 1580. The van der Waals surface area contributed by atoms with Gasteiger partial charge in [0.2, 0.25) is 15.9 Å². The molecular weight excluding hydrogens is 649 g/mol. The summed E-state index contributed by atoms with van der Waals surface area (Å²) in [6.07, 6.45) is 4.21. The molecule has 4 aromatic rings. The first-order valence-corrected chi connectivity index (χ1v) is 15.2. The van der Waals surface area contributed by atoms with Crippen LogP contribution in [-0.4, -0.2) is 23.6 Å².